The lowest BCUT2D eigenvalue weighted by molar-refractivity contribution is 0.182. The monoisotopic (exact) mass is 490 g/mol. The minimum Gasteiger partial charge on any atom is -0.411 e. The molecule has 0 bridgehead atoms. The largest absolute Gasteiger partial charge is 0.411 e. The highest BCUT2D eigenvalue weighted by Crippen LogP contribution is 2.20. The van der Waals surface area contributed by atoms with Crippen LogP contribution in [0.2, 0.25) is 0 Å². The predicted molar refractivity (Wildman–Crippen MR) is 105 cm³/mol. The van der Waals surface area contributed by atoms with Crippen molar-refractivity contribution in [1.82, 2.24) is 14.6 Å². The van der Waals surface area contributed by atoms with Crippen LogP contribution in [0, 0.1) is 5.82 Å². The first-order chi connectivity index (χ1) is 13.8. The number of hydrogen-bond donors (Lipinski definition) is 2. The maximum atomic E-state index is 13.4. The number of sulfonamides is 1. The summed E-state index contributed by atoms with van der Waals surface area (Å²) in [4.78, 5) is 0. The van der Waals surface area contributed by atoms with Crippen molar-refractivity contribution in [2.24, 2.45) is 5.16 Å². The molecule has 1 aliphatic heterocycles. The Hall–Kier alpha value is -1.89. The summed E-state index contributed by atoms with van der Waals surface area (Å²) in [6.07, 6.45) is 0.198. The van der Waals surface area contributed by atoms with Crippen LogP contribution >= 0.6 is 15.9 Å². The zero-order valence-corrected chi connectivity index (χ0v) is 17.7. The lowest BCUT2D eigenvalue weighted by Gasteiger charge is -2.30. The molecule has 12 heteroatoms. The first kappa shape index (κ1) is 21.8. The molecular weight excluding hydrogens is 471 g/mol. The number of halogens is 2. The summed E-state index contributed by atoms with van der Waals surface area (Å²) in [6, 6.07) is 4.38. The van der Waals surface area contributed by atoms with Gasteiger partial charge in [0.25, 0.3) is 0 Å². The van der Waals surface area contributed by atoms with Crippen LogP contribution in [0.5, 0.6) is 0 Å². The molecular formula is C17H20BrFN4O5S. The summed E-state index contributed by atoms with van der Waals surface area (Å²) in [5.41, 5.74) is 1.35. The highest BCUT2D eigenvalue weighted by molar-refractivity contribution is 9.10. The van der Waals surface area contributed by atoms with Gasteiger partial charge in [0.05, 0.1) is 16.3 Å². The van der Waals surface area contributed by atoms with Crippen molar-refractivity contribution >= 4 is 31.7 Å². The van der Waals surface area contributed by atoms with Crippen molar-refractivity contribution in [2.45, 2.75) is 31.8 Å². The highest BCUT2D eigenvalue weighted by Gasteiger charge is 2.30. The zero-order valence-electron chi connectivity index (χ0n) is 15.3. The molecule has 0 aliphatic carbocycles. The van der Waals surface area contributed by atoms with Crippen LogP contribution in [0.4, 0.5) is 4.39 Å². The molecule has 29 heavy (non-hydrogen) atoms. The second kappa shape index (κ2) is 9.28. The van der Waals surface area contributed by atoms with Gasteiger partial charge in [-0.15, -0.1) is 0 Å². The first-order valence-electron chi connectivity index (χ1n) is 8.92. The van der Waals surface area contributed by atoms with E-state index in [0.717, 1.165) is 6.42 Å². The Balaban J connectivity index is 1.63. The summed E-state index contributed by atoms with van der Waals surface area (Å²) >= 11 is 3.10. The number of aliphatic hydroxyl groups is 1. The number of aliphatic hydroxyl groups excluding tert-OH is 1. The molecule has 1 aromatic heterocycles. The van der Waals surface area contributed by atoms with E-state index in [1.54, 1.807) is 12.1 Å². The maximum Gasteiger partial charge on any atom is 0.216 e. The van der Waals surface area contributed by atoms with Gasteiger partial charge in [0.2, 0.25) is 10.0 Å². The van der Waals surface area contributed by atoms with Gasteiger partial charge in [0.15, 0.2) is 5.69 Å². The standard InChI is InChI=1S/C17H20BrFN4O5S/c18-13-8-11(2-4-14(13)19)9-16(20-25)17-15(21-28-22-17)5-3-12(24)10-29(26,27)23-6-1-7-23/h2,4,8,12,24-25H,1,3,5-7,9-10H2/b20-16+. The molecule has 1 unspecified atom stereocenters. The van der Waals surface area contributed by atoms with Gasteiger partial charge in [0.1, 0.15) is 17.2 Å². The lowest BCUT2D eigenvalue weighted by atomic mass is 10.0. The van der Waals surface area contributed by atoms with Crippen LogP contribution in [-0.4, -0.2) is 64.0 Å². The van der Waals surface area contributed by atoms with Gasteiger partial charge in [-0.05, 0) is 58.0 Å². The minimum absolute atomic E-state index is 0.120. The number of rotatable bonds is 9. The predicted octanol–water partition coefficient (Wildman–Crippen LogP) is 1.72. The number of nitrogens with zero attached hydrogens (tertiary/aromatic N) is 4. The van der Waals surface area contributed by atoms with Crippen molar-refractivity contribution in [2.75, 3.05) is 18.8 Å². The summed E-state index contributed by atoms with van der Waals surface area (Å²) < 4.78 is 43.9. The normalized spacial score (nSPS) is 16.6. The minimum atomic E-state index is -3.47. The maximum absolute atomic E-state index is 13.4. The molecule has 158 valence electrons. The van der Waals surface area contributed by atoms with Gasteiger partial charge in [0, 0.05) is 19.5 Å². The van der Waals surface area contributed by atoms with Crippen molar-refractivity contribution in [3.05, 3.63) is 45.4 Å². The average molecular weight is 491 g/mol. The van der Waals surface area contributed by atoms with Gasteiger partial charge < -0.3 is 10.3 Å². The molecule has 9 nitrogen and oxygen atoms in total. The molecule has 1 aromatic carbocycles. The van der Waals surface area contributed by atoms with Crippen LogP contribution in [0.15, 0.2) is 32.5 Å². The summed E-state index contributed by atoms with van der Waals surface area (Å²) in [7, 11) is -3.47. The fourth-order valence-electron chi connectivity index (χ4n) is 2.90. The number of hydrogen-bond acceptors (Lipinski definition) is 8. The fourth-order valence-corrected chi connectivity index (χ4v) is 5.00. The Labute approximate surface area is 175 Å². The van der Waals surface area contributed by atoms with E-state index in [4.69, 9.17) is 4.63 Å². The lowest BCUT2D eigenvalue weighted by Crippen LogP contribution is -2.45. The Morgan fingerprint density at radius 2 is 2.14 bits per heavy atom. The number of benzene rings is 1. The van der Waals surface area contributed by atoms with Crippen LogP contribution in [0.3, 0.4) is 0 Å². The van der Waals surface area contributed by atoms with Crippen LogP contribution in [-0.2, 0) is 22.9 Å². The van der Waals surface area contributed by atoms with E-state index >= 15 is 0 Å². The number of aryl methyl sites for hydroxylation is 1. The molecule has 1 aliphatic rings. The van der Waals surface area contributed by atoms with E-state index in [1.807, 2.05) is 0 Å². The molecule has 1 atom stereocenters. The van der Waals surface area contributed by atoms with Crippen LogP contribution in [0.25, 0.3) is 0 Å². The summed E-state index contributed by atoms with van der Waals surface area (Å²) in [6.45, 7) is 0.977. The van der Waals surface area contributed by atoms with Crippen molar-refractivity contribution in [1.29, 1.82) is 0 Å². The molecule has 0 saturated carbocycles. The fraction of sp³-hybridized carbons (Fsp3) is 0.471. The van der Waals surface area contributed by atoms with Crippen molar-refractivity contribution < 1.29 is 27.8 Å². The molecule has 3 rings (SSSR count). The second-order valence-electron chi connectivity index (χ2n) is 6.76. The third-order valence-electron chi connectivity index (χ3n) is 4.63. The van der Waals surface area contributed by atoms with Gasteiger partial charge in [-0.3, -0.25) is 0 Å². The number of oxime groups is 1. The molecule has 2 N–H and O–H groups in total. The molecule has 0 spiro atoms. The van der Waals surface area contributed by atoms with E-state index in [2.05, 4.69) is 31.4 Å². The Morgan fingerprint density at radius 1 is 1.38 bits per heavy atom. The van der Waals surface area contributed by atoms with E-state index < -0.39 is 21.9 Å². The van der Waals surface area contributed by atoms with Gasteiger partial charge in [-0.2, -0.15) is 0 Å². The number of aromatic nitrogens is 2. The Bertz CT molecular complexity index is 993. The molecule has 2 aromatic rings. The SMILES string of the molecule is O=S(=O)(CC(O)CCc1nonc1/C(Cc1ccc(F)c(Br)c1)=N/O)N1CCC1. The summed E-state index contributed by atoms with van der Waals surface area (Å²) in [5, 5.41) is 30.3. The third-order valence-corrected chi connectivity index (χ3v) is 7.20. The van der Waals surface area contributed by atoms with Gasteiger partial charge in [-0.1, -0.05) is 16.4 Å². The Kier molecular flexibility index (Phi) is 6.98. The second-order valence-corrected chi connectivity index (χ2v) is 9.62. The van der Waals surface area contributed by atoms with E-state index in [-0.39, 0.29) is 40.9 Å². The molecule has 2 heterocycles. The topological polar surface area (TPSA) is 129 Å². The van der Waals surface area contributed by atoms with Crippen LogP contribution in [0.1, 0.15) is 29.8 Å². The Morgan fingerprint density at radius 3 is 2.76 bits per heavy atom. The van der Waals surface area contributed by atoms with E-state index in [0.29, 0.717) is 24.3 Å². The molecule has 1 saturated heterocycles. The van der Waals surface area contributed by atoms with Crippen LogP contribution < -0.4 is 0 Å². The van der Waals surface area contributed by atoms with Gasteiger partial charge in [-0.25, -0.2) is 21.7 Å². The zero-order chi connectivity index (χ0) is 21.0. The molecule has 0 amide bonds. The van der Waals surface area contributed by atoms with E-state index in [1.165, 1.54) is 10.4 Å². The third kappa shape index (κ3) is 5.38. The summed E-state index contributed by atoms with van der Waals surface area (Å²) in [5.74, 6) is -0.778. The van der Waals surface area contributed by atoms with Crippen molar-refractivity contribution in [3.8, 4) is 0 Å². The van der Waals surface area contributed by atoms with E-state index in [9.17, 15) is 23.1 Å². The van der Waals surface area contributed by atoms with Crippen molar-refractivity contribution in [3.63, 3.8) is 0 Å². The van der Waals surface area contributed by atoms with Gasteiger partial charge >= 0.3 is 0 Å². The first-order valence-corrected chi connectivity index (χ1v) is 11.3. The molecule has 1 fully saturated rings. The highest BCUT2D eigenvalue weighted by atomic mass is 79.9. The smallest absolute Gasteiger partial charge is 0.216 e. The molecule has 0 radical (unpaired) electrons. The average Bonchev–Trinajstić information content (AvgIpc) is 3.07. The quantitative estimate of drug-likeness (QED) is 0.311.